The Hall–Kier alpha value is -1.59. The number of nitrogens with zero attached hydrogens (tertiary/aromatic N) is 2. The summed E-state index contributed by atoms with van der Waals surface area (Å²) < 4.78 is 0. The van der Waals surface area contributed by atoms with E-state index in [4.69, 9.17) is 5.11 Å². The van der Waals surface area contributed by atoms with Crippen LogP contribution < -0.4 is 0 Å². The molecule has 2 unspecified atom stereocenters. The van der Waals surface area contributed by atoms with Gasteiger partial charge in [0.2, 0.25) is 11.8 Å². The van der Waals surface area contributed by atoms with E-state index in [-0.39, 0.29) is 17.7 Å². The molecule has 2 fully saturated rings. The van der Waals surface area contributed by atoms with Crippen LogP contribution in [0.2, 0.25) is 0 Å². The Morgan fingerprint density at radius 2 is 1.95 bits per heavy atom. The van der Waals surface area contributed by atoms with E-state index in [0.717, 1.165) is 19.3 Å². The largest absolute Gasteiger partial charge is 0.480 e. The quantitative estimate of drug-likeness (QED) is 0.805. The highest BCUT2D eigenvalue weighted by Gasteiger charge is 2.42. The van der Waals surface area contributed by atoms with Crippen LogP contribution >= 0.6 is 0 Å². The highest BCUT2D eigenvalue weighted by Crippen LogP contribution is 2.34. The highest BCUT2D eigenvalue weighted by atomic mass is 16.4. The molecular formula is C14H22N2O4. The Bertz CT molecular complexity index is 419. The molecule has 0 aromatic rings. The molecule has 1 saturated heterocycles. The van der Waals surface area contributed by atoms with E-state index in [1.807, 2.05) is 0 Å². The van der Waals surface area contributed by atoms with E-state index in [1.54, 1.807) is 11.8 Å². The first-order chi connectivity index (χ1) is 9.47. The van der Waals surface area contributed by atoms with Gasteiger partial charge in [0, 0.05) is 19.5 Å². The van der Waals surface area contributed by atoms with E-state index in [2.05, 4.69) is 0 Å². The van der Waals surface area contributed by atoms with Gasteiger partial charge in [-0.15, -0.1) is 0 Å². The van der Waals surface area contributed by atoms with Crippen molar-refractivity contribution in [2.45, 2.75) is 51.1 Å². The lowest BCUT2D eigenvalue weighted by Gasteiger charge is -2.31. The van der Waals surface area contributed by atoms with Crippen molar-refractivity contribution in [1.82, 2.24) is 9.80 Å². The van der Waals surface area contributed by atoms with E-state index in [1.165, 1.54) is 11.9 Å². The van der Waals surface area contributed by atoms with Crippen molar-refractivity contribution in [3.63, 3.8) is 0 Å². The first kappa shape index (κ1) is 14.8. The molecule has 0 spiro atoms. The molecule has 6 heteroatoms. The van der Waals surface area contributed by atoms with Gasteiger partial charge in [-0.2, -0.15) is 0 Å². The topological polar surface area (TPSA) is 77.9 Å². The van der Waals surface area contributed by atoms with Crippen LogP contribution in [0, 0.1) is 5.92 Å². The molecule has 6 nitrogen and oxygen atoms in total. The summed E-state index contributed by atoms with van der Waals surface area (Å²) in [5.74, 6) is -1.08. The predicted molar refractivity (Wildman–Crippen MR) is 71.9 cm³/mol. The second-order valence-electron chi connectivity index (χ2n) is 5.68. The van der Waals surface area contributed by atoms with Gasteiger partial charge in [0.25, 0.3) is 0 Å². The van der Waals surface area contributed by atoms with Gasteiger partial charge < -0.3 is 14.9 Å². The Kier molecular flexibility index (Phi) is 4.30. The molecule has 0 aromatic carbocycles. The maximum absolute atomic E-state index is 12.5. The summed E-state index contributed by atoms with van der Waals surface area (Å²) >= 11 is 0. The fraction of sp³-hybridized carbons (Fsp3) is 0.786. The van der Waals surface area contributed by atoms with Gasteiger partial charge in [0.1, 0.15) is 12.1 Å². The molecule has 2 rings (SSSR count). The summed E-state index contributed by atoms with van der Waals surface area (Å²) in [5.41, 5.74) is 0. The number of carbonyl (C=O) groups excluding carboxylic acids is 2. The number of aliphatic carboxylic acids is 1. The van der Waals surface area contributed by atoms with Crippen LogP contribution in [0.3, 0.4) is 0 Å². The minimum atomic E-state index is -0.999. The molecule has 2 amide bonds. The average molecular weight is 282 g/mol. The Morgan fingerprint density at radius 3 is 2.45 bits per heavy atom. The van der Waals surface area contributed by atoms with Crippen molar-refractivity contribution in [3.05, 3.63) is 0 Å². The molecule has 1 heterocycles. The number of rotatable bonds is 5. The molecular weight excluding hydrogens is 260 g/mol. The number of hydrogen-bond donors (Lipinski definition) is 1. The fourth-order valence-electron chi connectivity index (χ4n) is 2.85. The van der Waals surface area contributed by atoms with E-state index >= 15 is 0 Å². The molecule has 0 aromatic heterocycles. The molecule has 1 N–H and O–H groups in total. The van der Waals surface area contributed by atoms with Gasteiger partial charge in [-0.3, -0.25) is 9.59 Å². The van der Waals surface area contributed by atoms with Crippen LogP contribution in [-0.2, 0) is 14.4 Å². The van der Waals surface area contributed by atoms with Gasteiger partial charge in [-0.05, 0) is 32.1 Å². The van der Waals surface area contributed by atoms with Gasteiger partial charge in [-0.25, -0.2) is 4.79 Å². The summed E-state index contributed by atoms with van der Waals surface area (Å²) in [6.45, 7) is 2.35. The summed E-state index contributed by atoms with van der Waals surface area (Å²) in [6.07, 6.45) is 3.64. The van der Waals surface area contributed by atoms with Crippen molar-refractivity contribution in [2.75, 3.05) is 13.6 Å². The van der Waals surface area contributed by atoms with Crippen molar-refractivity contribution >= 4 is 17.8 Å². The number of carboxylic acids is 1. The standard InChI is InChI=1S/C14H22N2O4/c1-3-10(14(19)20)15(2)13(18)11-5-4-8-16(11)12(17)9-6-7-9/h9-11H,3-8H2,1-2H3,(H,19,20). The van der Waals surface area contributed by atoms with Crippen LogP contribution in [0.15, 0.2) is 0 Å². The van der Waals surface area contributed by atoms with E-state index < -0.39 is 18.1 Å². The molecule has 1 saturated carbocycles. The zero-order valence-corrected chi connectivity index (χ0v) is 12.0. The van der Waals surface area contributed by atoms with Crippen LogP contribution in [0.5, 0.6) is 0 Å². The Balaban J connectivity index is 2.06. The van der Waals surface area contributed by atoms with Crippen molar-refractivity contribution in [2.24, 2.45) is 5.92 Å². The van der Waals surface area contributed by atoms with Crippen LogP contribution in [0.25, 0.3) is 0 Å². The van der Waals surface area contributed by atoms with Gasteiger partial charge >= 0.3 is 5.97 Å². The zero-order chi connectivity index (χ0) is 14.9. The Morgan fingerprint density at radius 1 is 1.30 bits per heavy atom. The van der Waals surface area contributed by atoms with E-state index in [9.17, 15) is 14.4 Å². The average Bonchev–Trinajstić information content (AvgIpc) is 3.14. The third kappa shape index (κ3) is 2.78. The molecule has 2 atom stereocenters. The zero-order valence-electron chi connectivity index (χ0n) is 12.0. The third-order valence-corrected chi connectivity index (χ3v) is 4.23. The number of likely N-dealkylation sites (tertiary alicyclic amines) is 1. The summed E-state index contributed by atoms with van der Waals surface area (Å²) in [4.78, 5) is 38.7. The van der Waals surface area contributed by atoms with Crippen molar-refractivity contribution < 1.29 is 19.5 Å². The lowest BCUT2D eigenvalue weighted by molar-refractivity contribution is -0.152. The first-order valence-corrected chi connectivity index (χ1v) is 7.27. The van der Waals surface area contributed by atoms with E-state index in [0.29, 0.717) is 19.4 Å². The molecule has 112 valence electrons. The number of amides is 2. The maximum Gasteiger partial charge on any atom is 0.326 e. The van der Waals surface area contributed by atoms with Gasteiger partial charge in [0.15, 0.2) is 0 Å². The lowest BCUT2D eigenvalue weighted by Crippen LogP contribution is -2.51. The minimum absolute atomic E-state index is 0.0672. The summed E-state index contributed by atoms with van der Waals surface area (Å²) in [6, 6.07) is -1.29. The summed E-state index contributed by atoms with van der Waals surface area (Å²) in [7, 11) is 1.52. The SMILES string of the molecule is CCC(C(=O)O)N(C)C(=O)C1CCCN1C(=O)C1CC1. The highest BCUT2D eigenvalue weighted by molar-refractivity contribution is 5.91. The predicted octanol–water partition coefficient (Wildman–Crippen LogP) is 0.709. The monoisotopic (exact) mass is 282 g/mol. The minimum Gasteiger partial charge on any atom is -0.480 e. The number of carbonyl (C=O) groups is 3. The second-order valence-corrected chi connectivity index (χ2v) is 5.68. The van der Waals surface area contributed by atoms with Crippen molar-refractivity contribution in [3.8, 4) is 0 Å². The van der Waals surface area contributed by atoms with Crippen LogP contribution in [-0.4, -0.2) is 58.4 Å². The van der Waals surface area contributed by atoms with Gasteiger partial charge in [-0.1, -0.05) is 6.92 Å². The molecule has 0 bridgehead atoms. The molecule has 20 heavy (non-hydrogen) atoms. The number of likely N-dealkylation sites (N-methyl/N-ethyl adjacent to an activating group) is 1. The number of carboxylic acid groups (broad SMARTS) is 1. The second kappa shape index (κ2) is 5.81. The molecule has 2 aliphatic rings. The molecule has 0 radical (unpaired) electrons. The van der Waals surface area contributed by atoms with Gasteiger partial charge in [0.05, 0.1) is 0 Å². The third-order valence-electron chi connectivity index (χ3n) is 4.23. The molecule has 1 aliphatic heterocycles. The summed E-state index contributed by atoms with van der Waals surface area (Å²) in [5, 5.41) is 9.13. The smallest absolute Gasteiger partial charge is 0.326 e. The normalized spacial score (nSPS) is 23.5. The first-order valence-electron chi connectivity index (χ1n) is 7.27. The van der Waals surface area contributed by atoms with Crippen LogP contribution in [0.4, 0.5) is 0 Å². The maximum atomic E-state index is 12.5. The van der Waals surface area contributed by atoms with Crippen molar-refractivity contribution in [1.29, 1.82) is 0 Å². The fourth-order valence-corrected chi connectivity index (χ4v) is 2.85. The molecule has 1 aliphatic carbocycles. The lowest BCUT2D eigenvalue weighted by atomic mass is 10.1. The Labute approximate surface area is 118 Å². The van der Waals surface area contributed by atoms with Crippen LogP contribution in [0.1, 0.15) is 39.0 Å². The number of hydrogen-bond acceptors (Lipinski definition) is 3.